The highest BCUT2D eigenvalue weighted by Gasteiger charge is 2.42. The monoisotopic (exact) mass is 527 g/mol. The summed E-state index contributed by atoms with van der Waals surface area (Å²) in [5.74, 6) is 0.443. The van der Waals surface area contributed by atoms with Crippen LogP contribution in [0.15, 0.2) is 48.5 Å². The van der Waals surface area contributed by atoms with Gasteiger partial charge in [0.1, 0.15) is 0 Å². The lowest BCUT2D eigenvalue weighted by Gasteiger charge is -2.44. The Morgan fingerprint density at radius 1 is 1.14 bits per heavy atom. The van der Waals surface area contributed by atoms with Gasteiger partial charge in [-0.15, -0.1) is 0 Å². The van der Waals surface area contributed by atoms with Crippen molar-refractivity contribution >= 4 is 17.6 Å². The summed E-state index contributed by atoms with van der Waals surface area (Å²) in [6.07, 6.45) is 6.44. The van der Waals surface area contributed by atoms with Gasteiger partial charge in [0.05, 0.1) is 5.60 Å². The second-order valence-electron chi connectivity index (χ2n) is 11.0. The van der Waals surface area contributed by atoms with Crippen molar-refractivity contribution in [1.82, 2.24) is 15.5 Å². The van der Waals surface area contributed by atoms with E-state index >= 15 is 0 Å². The molecule has 1 aliphatic rings. The van der Waals surface area contributed by atoms with E-state index in [9.17, 15) is 9.90 Å². The number of hydrogen-bond acceptors (Lipinski definition) is 3. The van der Waals surface area contributed by atoms with Crippen LogP contribution in [0.2, 0.25) is 5.02 Å². The quantitative estimate of drug-likeness (QED) is 0.265. The van der Waals surface area contributed by atoms with Crippen LogP contribution in [0.1, 0.15) is 71.3 Å². The predicted octanol–water partition coefficient (Wildman–Crippen LogP) is 6.83. The van der Waals surface area contributed by atoms with Gasteiger partial charge in [-0.25, -0.2) is 4.79 Å². The van der Waals surface area contributed by atoms with Gasteiger partial charge in [-0.1, -0.05) is 94.1 Å². The Kier molecular flexibility index (Phi) is 11.3. The first-order chi connectivity index (χ1) is 17.8. The number of nitrogens with one attached hydrogen (secondary N) is 2. The maximum Gasteiger partial charge on any atom is 0.317 e. The van der Waals surface area contributed by atoms with Crippen LogP contribution >= 0.6 is 11.6 Å². The molecule has 0 aromatic heterocycles. The molecule has 0 aliphatic carbocycles. The van der Waals surface area contributed by atoms with Crippen LogP contribution in [-0.2, 0) is 5.60 Å². The van der Waals surface area contributed by atoms with Crippen molar-refractivity contribution in [2.75, 3.05) is 26.7 Å². The van der Waals surface area contributed by atoms with Gasteiger partial charge in [-0.2, -0.15) is 0 Å². The molecule has 2 aromatic carbocycles. The van der Waals surface area contributed by atoms with Crippen molar-refractivity contribution in [3.63, 3.8) is 0 Å². The number of rotatable bonds is 12. The minimum absolute atomic E-state index is 0.0269. The van der Waals surface area contributed by atoms with Gasteiger partial charge in [0, 0.05) is 42.2 Å². The fraction of sp³-hybridized carbons (Fsp3) is 0.581. The zero-order valence-electron chi connectivity index (χ0n) is 23.1. The number of aliphatic hydroxyl groups is 1. The molecule has 5 nitrogen and oxygen atoms in total. The third kappa shape index (κ3) is 7.72. The van der Waals surface area contributed by atoms with Crippen molar-refractivity contribution in [2.45, 2.75) is 77.4 Å². The largest absolute Gasteiger partial charge is 0.385 e. The standard InChI is InChI=1S/C31H46ClN3O2/c1-5-6-11-18-31(37,28-16-9-7-14-26(28)27-15-8-10-17-29(27)32)24-13-12-19-35(22-24)30(36)34-25(21-33-4)20-23(2)3/h7-10,14-17,23-25,33,37H,5-6,11-13,18-22H2,1-4H3,(H,34,36)/t24-,25+,31+/m1/s1. The van der Waals surface area contributed by atoms with Crippen LogP contribution in [0.5, 0.6) is 0 Å². The predicted molar refractivity (Wildman–Crippen MR) is 155 cm³/mol. The number of urea groups is 1. The number of carbonyl (C=O) groups is 1. The highest BCUT2D eigenvalue weighted by molar-refractivity contribution is 6.33. The summed E-state index contributed by atoms with van der Waals surface area (Å²) in [5.41, 5.74) is 1.77. The number of halogens is 1. The van der Waals surface area contributed by atoms with Gasteiger partial charge >= 0.3 is 6.03 Å². The SMILES string of the molecule is CCCCC[C@@](O)(c1ccccc1-c1ccccc1Cl)[C@@H]1CCCN(C(=O)N[C@H](CNC)CC(C)C)C1. The van der Waals surface area contributed by atoms with Crippen molar-refractivity contribution in [3.8, 4) is 11.1 Å². The lowest BCUT2D eigenvalue weighted by Crippen LogP contribution is -2.54. The normalized spacial score (nSPS) is 18.5. The number of piperidine rings is 1. The highest BCUT2D eigenvalue weighted by atomic mass is 35.5. The Bertz CT molecular complexity index is 998. The number of amides is 2. The molecule has 1 saturated heterocycles. The molecule has 1 heterocycles. The topological polar surface area (TPSA) is 64.6 Å². The molecule has 204 valence electrons. The first-order valence-electron chi connectivity index (χ1n) is 14.1. The third-order valence-electron chi connectivity index (χ3n) is 7.64. The number of benzene rings is 2. The summed E-state index contributed by atoms with van der Waals surface area (Å²) in [4.78, 5) is 15.3. The molecule has 3 rings (SSSR count). The lowest BCUT2D eigenvalue weighted by molar-refractivity contribution is -0.0552. The van der Waals surface area contributed by atoms with Crippen molar-refractivity contribution in [2.24, 2.45) is 11.8 Å². The first-order valence-corrected chi connectivity index (χ1v) is 14.4. The van der Waals surface area contributed by atoms with Crippen LogP contribution < -0.4 is 10.6 Å². The van der Waals surface area contributed by atoms with E-state index < -0.39 is 5.60 Å². The second kappa shape index (κ2) is 14.2. The fourth-order valence-electron chi connectivity index (χ4n) is 5.80. The first kappa shape index (κ1) is 29.5. The van der Waals surface area contributed by atoms with E-state index in [-0.39, 0.29) is 18.0 Å². The van der Waals surface area contributed by atoms with Crippen LogP contribution in [0.25, 0.3) is 11.1 Å². The summed E-state index contributed by atoms with van der Waals surface area (Å²) in [7, 11) is 1.92. The van der Waals surface area contributed by atoms with Crippen molar-refractivity contribution in [3.05, 3.63) is 59.1 Å². The van der Waals surface area contributed by atoms with E-state index in [4.69, 9.17) is 11.6 Å². The molecule has 0 bridgehead atoms. The minimum Gasteiger partial charge on any atom is -0.385 e. The van der Waals surface area contributed by atoms with Crippen LogP contribution in [0, 0.1) is 11.8 Å². The molecule has 2 amide bonds. The molecule has 0 saturated carbocycles. The summed E-state index contributed by atoms with van der Waals surface area (Å²) in [6.45, 7) is 8.54. The number of carbonyl (C=O) groups excluding carboxylic acids is 1. The van der Waals surface area contributed by atoms with E-state index in [2.05, 4.69) is 43.5 Å². The Morgan fingerprint density at radius 3 is 2.51 bits per heavy atom. The molecule has 0 spiro atoms. The Balaban J connectivity index is 1.91. The maximum atomic E-state index is 13.4. The van der Waals surface area contributed by atoms with E-state index in [1.807, 2.05) is 48.3 Å². The Morgan fingerprint density at radius 2 is 1.84 bits per heavy atom. The van der Waals surface area contributed by atoms with E-state index in [1.54, 1.807) is 0 Å². The Labute approximate surface area is 229 Å². The van der Waals surface area contributed by atoms with Gasteiger partial charge in [0.15, 0.2) is 0 Å². The lowest BCUT2D eigenvalue weighted by atomic mass is 9.72. The fourth-order valence-corrected chi connectivity index (χ4v) is 6.04. The van der Waals surface area contributed by atoms with Crippen LogP contribution in [0.4, 0.5) is 4.79 Å². The third-order valence-corrected chi connectivity index (χ3v) is 7.97. The van der Waals surface area contributed by atoms with E-state index in [1.165, 1.54) is 0 Å². The molecule has 0 unspecified atom stereocenters. The van der Waals surface area contributed by atoms with Gasteiger partial charge in [-0.05, 0) is 55.8 Å². The van der Waals surface area contributed by atoms with Gasteiger partial charge in [-0.3, -0.25) is 0 Å². The number of likely N-dealkylation sites (N-methyl/N-ethyl adjacent to an activating group) is 1. The smallest absolute Gasteiger partial charge is 0.317 e. The summed E-state index contributed by atoms with van der Waals surface area (Å²) >= 11 is 6.62. The summed E-state index contributed by atoms with van der Waals surface area (Å²) in [6, 6.07) is 16.0. The highest BCUT2D eigenvalue weighted by Crippen LogP contribution is 2.44. The molecule has 37 heavy (non-hydrogen) atoms. The van der Waals surface area contributed by atoms with E-state index in [0.717, 1.165) is 61.8 Å². The van der Waals surface area contributed by atoms with Crippen molar-refractivity contribution < 1.29 is 9.90 Å². The molecule has 3 atom stereocenters. The van der Waals surface area contributed by atoms with Crippen molar-refractivity contribution in [1.29, 1.82) is 0 Å². The number of nitrogens with zero attached hydrogens (tertiary/aromatic N) is 1. The minimum atomic E-state index is -1.05. The molecular formula is C31H46ClN3O2. The number of likely N-dealkylation sites (tertiary alicyclic amines) is 1. The Hall–Kier alpha value is -2.08. The average Bonchev–Trinajstić information content (AvgIpc) is 2.89. The van der Waals surface area contributed by atoms with Gasteiger partial charge in [0.25, 0.3) is 0 Å². The maximum absolute atomic E-state index is 13.4. The molecule has 0 radical (unpaired) electrons. The molecule has 2 aromatic rings. The average molecular weight is 528 g/mol. The summed E-state index contributed by atoms with van der Waals surface area (Å²) < 4.78 is 0. The zero-order chi connectivity index (χ0) is 26.8. The second-order valence-corrected chi connectivity index (χ2v) is 11.4. The summed E-state index contributed by atoms with van der Waals surface area (Å²) in [5, 5.41) is 19.7. The van der Waals surface area contributed by atoms with Gasteiger partial charge < -0.3 is 20.6 Å². The van der Waals surface area contributed by atoms with Crippen LogP contribution in [-0.4, -0.2) is 48.8 Å². The van der Waals surface area contributed by atoms with E-state index in [0.29, 0.717) is 30.5 Å². The molecule has 1 aliphatic heterocycles. The number of unbranched alkanes of at least 4 members (excludes halogenated alkanes) is 2. The number of hydrogen-bond donors (Lipinski definition) is 3. The van der Waals surface area contributed by atoms with Crippen LogP contribution in [0.3, 0.4) is 0 Å². The molecule has 6 heteroatoms. The molecule has 3 N–H and O–H groups in total. The van der Waals surface area contributed by atoms with Gasteiger partial charge in [0.2, 0.25) is 0 Å². The molecular weight excluding hydrogens is 482 g/mol. The molecule has 1 fully saturated rings. The zero-order valence-corrected chi connectivity index (χ0v) is 23.9.